The minimum absolute atomic E-state index is 0.0865. The molecule has 0 saturated heterocycles. The third-order valence-electron chi connectivity index (χ3n) is 2.94. The third-order valence-corrected chi connectivity index (χ3v) is 3.76. The van der Waals surface area contributed by atoms with E-state index in [2.05, 4.69) is 20.9 Å². The standard InChI is InChI=1S/C15H15BrFN/c1-10-3-6-13(18-9-10)8-15(16)14-7-12(17)5-4-11(14)2/h3-7,9,15H,8H2,1-2H3. The number of hydrogen-bond donors (Lipinski definition) is 0. The molecule has 0 bridgehead atoms. The second kappa shape index (κ2) is 5.61. The monoisotopic (exact) mass is 307 g/mol. The predicted molar refractivity (Wildman–Crippen MR) is 75.5 cm³/mol. The van der Waals surface area contributed by atoms with E-state index < -0.39 is 0 Å². The molecule has 1 aromatic heterocycles. The predicted octanol–water partition coefficient (Wildman–Crippen LogP) is 4.52. The van der Waals surface area contributed by atoms with Crippen molar-refractivity contribution in [2.75, 3.05) is 0 Å². The molecule has 1 nitrogen and oxygen atoms in total. The van der Waals surface area contributed by atoms with Gasteiger partial charge in [-0.3, -0.25) is 4.98 Å². The molecule has 0 aliphatic heterocycles. The second-order valence-electron chi connectivity index (χ2n) is 4.50. The Morgan fingerprint density at radius 3 is 2.67 bits per heavy atom. The molecule has 0 N–H and O–H groups in total. The van der Waals surface area contributed by atoms with Gasteiger partial charge >= 0.3 is 0 Å². The minimum Gasteiger partial charge on any atom is -0.261 e. The van der Waals surface area contributed by atoms with E-state index in [1.807, 2.05) is 38.2 Å². The Balaban J connectivity index is 2.18. The first-order chi connectivity index (χ1) is 8.56. The van der Waals surface area contributed by atoms with Gasteiger partial charge in [-0.15, -0.1) is 0 Å². The van der Waals surface area contributed by atoms with Gasteiger partial charge in [0, 0.05) is 23.1 Å². The zero-order valence-corrected chi connectivity index (χ0v) is 12.0. The third kappa shape index (κ3) is 3.16. The topological polar surface area (TPSA) is 12.9 Å². The van der Waals surface area contributed by atoms with Crippen molar-refractivity contribution in [2.45, 2.75) is 25.1 Å². The molecule has 0 aliphatic carbocycles. The van der Waals surface area contributed by atoms with Gasteiger partial charge in [0.25, 0.3) is 0 Å². The minimum atomic E-state index is -0.197. The number of benzene rings is 1. The highest BCUT2D eigenvalue weighted by atomic mass is 79.9. The van der Waals surface area contributed by atoms with E-state index in [1.54, 1.807) is 6.07 Å². The number of aryl methyl sites for hydroxylation is 2. The fourth-order valence-corrected chi connectivity index (χ4v) is 2.69. The van der Waals surface area contributed by atoms with Crippen LogP contribution in [0.15, 0.2) is 36.5 Å². The highest BCUT2D eigenvalue weighted by Crippen LogP contribution is 2.29. The van der Waals surface area contributed by atoms with Gasteiger partial charge in [-0.05, 0) is 48.7 Å². The van der Waals surface area contributed by atoms with Crippen LogP contribution < -0.4 is 0 Å². The maximum Gasteiger partial charge on any atom is 0.123 e. The molecule has 0 fully saturated rings. The molecular formula is C15H15BrFN. The van der Waals surface area contributed by atoms with Gasteiger partial charge in [0.2, 0.25) is 0 Å². The van der Waals surface area contributed by atoms with Crippen LogP contribution in [0.4, 0.5) is 4.39 Å². The van der Waals surface area contributed by atoms with Crippen LogP contribution >= 0.6 is 15.9 Å². The Bertz CT molecular complexity index is 537. The molecular weight excluding hydrogens is 293 g/mol. The van der Waals surface area contributed by atoms with Crippen LogP contribution in [0.25, 0.3) is 0 Å². The SMILES string of the molecule is Cc1ccc(CC(Br)c2cc(F)ccc2C)nc1. The van der Waals surface area contributed by atoms with E-state index in [-0.39, 0.29) is 10.6 Å². The maximum absolute atomic E-state index is 13.3. The number of hydrogen-bond acceptors (Lipinski definition) is 1. The number of nitrogens with zero attached hydrogens (tertiary/aromatic N) is 1. The maximum atomic E-state index is 13.3. The van der Waals surface area contributed by atoms with E-state index in [0.29, 0.717) is 0 Å². The first kappa shape index (κ1) is 13.2. The number of alkyl halides is 1. The number of rotatable bonds is 3. The fraction of sp³-hybridized carbons (Fsp3) is 0.267. The summed E-state index contributed by atoms with van der Waals surface area (Å²) >= 11 is 3.62. The summed E-state index contributed by atoms with van der Waals surface area (Å²) in [6.07, 6.45) is 2.61. The fourth-order valence-electron chi connectivity index (χ4n) is 1.86. The van der Waals surface area contributed by atoms with Gasteiger partial charge in [-0.2, -0.15) is 0 Å². The van der Waals surface area contributed by atoms with Crippen LogP contribution in [-0.2, 0) is 6.42 Å². The van der Waals surface area contributed by atoms with Gasteiger partial charge in [-0.25, -0.2) is 4.39 Å². The Hall–Kier alpha value is -1.22. The summed E-state index contributed by atoms with van der Waals surface area (Å²) in [4.78, 5) is 4.46. The van der Waals surface area contributed by atoms with E-state index >= 15 is 0 Å². The first-order valence-corrected chi connectivity index (χ1v) is 6.79. The lowest BCUT2D eigenvalue weighted by atomic mass is 10.0. The summed E-state index contributed by atoms with van der Waals surface area (Å²) in [6, 6.07) is 8.94. The molecule has 1 unspecified atom stereocenters. The van der Waals surface area contributed by atoms with Crippen LogP contribution in [0.1, 0.15) is 27.2 Å². The zero-order valence-electron chi connectivity index (χ0n) is 10.5. The molecule has 1 aromatic carbocycles. The normalized spacial score (nSPS) is 12.4. The van der Waals surface area contributed by atoms with Gasteiger partial charge in [0.15, 0.2) is 0 Å². The first-order valence-electron chi connectivity index (χ1n) is 5.88. The Morgan fingerprint density at radius 2 is 2.00 bits per heavy atom. The summed E-state index contributed by atoms with van der Waals surface area (Å²) < 4.78 is 13.3. The number of pyridine rings is 1. The van der Waals surface area contributed by atoms with Crippen LogP contribution in [0.2, 0.25) is 0 Å². The number of halogens is 2. The van der Waals surface area contributed by atoms with Crippen molar-refractivity contribution in [3.05, 3.63) is 64.7 Å². The Labute approximate surface area is 115 Å². The van der Waals surface area contributed by atoms with Crippen LogP contribution in [0.3, 0.4) is 0 Å². The molecule has 18 heavy (non-hydrogen) atoms. The Morgan fingerprint density at radius 1 is 1.22 bits per heavy atom. The molecule has 0 radical (unpaired) electrons. The smallest absolute Gasteiger partial charge is 0.123 e. The quantitative estimate of drug-likeness (QED) is 0.760. The van der Waals surface area contributed by atoms with Gasteiger partial charge in [-0.1, -0.05) is 28.1 Å². The van der Waals surface area contributed by atoms with Crippen molar-refractivity contribution < 1.29 is 4.39 Å². The Kier molecular flexibility index (Phi) is 4.12. The highest BCUT2D eigenvalue weighted by Gasteiger charge is 2.12. The molecule has 0 aliphatic rings. The average Bonchev–Trinajstić information content (AvgIpc) is 2.35. The summed E-state index contributed by atoms with van der Waals surface area (Å²) in [5, 5.41) is 0. The van der Waals surface area contributed by atoms with E-state index in [9.17, 15) is 4.39 Å². The molecule has 3 heteroatoms. The molecule has 2 rings (SSSR count). The highest BCUT2D eigenvalue weighted by molar-refractivity contribution is 9.09. The lowest BCUT2D eigenvalue weighted by molar-refractivity contribution is 0.624. The van der Waals surface area contributed by atoms with Gasteiger partial charge < -0.3 is 0 Å². The van der Waals surface area contributed by atoms with Crippen molar-refractivity contribution in [1.82, 2.24) is 4.98 Å². The summed E-state index contributed by atoms with van der Waals surface area (Å²) in [5.41, 5.74) is 4.22. The van der Waals surface area contributed by atoms with Crippen LogP contribution in [0.5, 0.6) is 0 Å². The van der Waals surface area contributed by atoms with Crippen molar-refractivity contribution >= 4 is 15.9 Å². The molecule has 94 valence electrons. The molecule has 0 amide bonds. The van der Waals surface area contributed by atoms with Crippen LogP contribution in [0, 0.1) is 19.7 Å². The van der Waals surface area contributed by atoms with Crippen molar-refractivity contribution in [3.8, 4) is 0 Å². The summed E-state index contributed by atoms with van der Waals surface area (Å²) in [6.45, 7) is 4.00. The second-order valence-corrected chi connectivity index (χ2v) is 5.60. The molecule has 0 spiro atoms. The lowest BCUT2D eigenvalue weighted by Crippen LogP contribution is -2.00. The van der Waals surface area contributed by atoms with Gasteiger partial charge in [0.1, 0.15) is 5.82 Å². The molecule has 2 aromatic rings. The lowest BCUT2D eigenvalue weighted by Gasteiger charge is -2.13. The largest absolute Gasteiger partial charge is 0.261 e. The molecule has 0 saturated carbocycles. The molecule has 1 atom stereocenters. The average molecular weight is 308 g/mol. The summed E-state index contributed by atoms with van der Waals surface area (Å²) in [5.74, 6) is -0.197. The van der Waals surface area contributed by atoms with Crippen LogP contribution in [-0.4, -0.2) is 4.98 Å². The number of aromatic nitrogens is 1. The van der Waals surface area contributed by atoms with E-state index in [0.717, 1.165) is 28.8 Å². The summed E-state index contributed by atoms with van der Waals surface area (Å²) in [7, 11) is 0. The zero-order chi connectivity index (χ0) is 13.1. The van der Waals surface area contributed by atoms with Gasteiger partial charge in [0.05, 0.1) is 0 Å². The van der Waals surface area contributed by atoms with E-state index in [1.165, 1.54) is 6.07 Å². The van der Waals surface area contributed by atoms with Crippen molar-refractivity contribution in [2.24, 2.45) is 0 Å². The molecule has 1 heterocycles. The van der Waals surface area contributed by atoms with Crippen molar-refractivity contribution in [3.63, 3.8) is 0 Å². The van der Waals surface area contributed by atoms with E-state index in [4.69, 9.17) is 0 Å². The van der Waals surface area contributed by atoms with Crippen molar-refractivity contribution in [1.29, 1.82) is 0 Å².